The minimum Gasteiger partial charge on any atom is -0.351 e. The zero-order valence-corrected chi connectivity index (χ0v) is 20.0. The van der Waals surface area contributed by atoms with Crippen LogP contribution in [0.3, 0.4) is 0 Å². The summed E-state index contributed by atoms with van der Waals surface area (Å²) in [4.78, 5) is 12.5. The van der Waals surface area contributed by atoms with Crippen LogP contribution in [0.15, 0.2) is 90.1 Å². The van der Waals surface area contributed by atoms with Gasteiger partial charge in [0.05, 0.1) is 12.0 Å². The second-order valence-electron chi connectivity index (χ2n) is 7.48. The Balaban J connectivity index is 1.44. The summed E-state index contributed by atoms with van der Waals surface area (Å²) in [6, 6.07) is 26.4. The lowest BCUT2D eigenvalue weighted by Gasteiger charge is -2.11. The standard InChI is InChI=1S/C24H23N5O3S2/c1-34(31,32)28-20-12-8-9-18(15-20)16-25-22(30)17-33-24-27-26-23(19-10-4-2-5-11-19)29(24)21-13-6-3-7-14-21/h2-15,28H,16-17H2,1H3,(H,25,30). The van der Waals surface area contributed by atoms with Crippen molar-refractivity contribution in [2.75, 3.05) is 16.7 Å². The first-order chi connectivity index (χ1) is 16.4. The van der Waals surface area contributed by atoms with E-state index in [9.17, 15) is 13.2 Å². The smallest absolute Gasteiger partial charge is 0.230 e. The van der Waals surface area contributed by atoms with Crippen molar-refractivity contribution in [1.29, 1.82) is 0 Å². The third-order valence-electron chi connectivity index (χ3n) is 4.73. The van der Waals surface area contributed by atoms with Gasteiger partial charge in [-0.25, -0.2) is 8.42 Å². The molecule has 174 valence electrons. The van der Waals surface area contributed by atoms with Crippen LogP contribution in [0.1, 0.15) is 5.56 Å². The molecule has 0 aliphatic heterocycles. The number of rotatable bonds is 9. The molecule has 0 fully saturated rings. The Morgan fingerprint density at radius 1 is 0.941 bits per heavy atom. The Morgan fingerprint density at radius 3 is 2.35 bits per heavy atom. The van der Waals surface area contributed by atoms with E-state index in [0.29, 0.717) is 16.7 Å². The molecule has 1 amide bonds. The quantitative estimate of drug-likeness (QED) is 0.344. The van der Waals surface area contributed by atoms with E-state index in [1.807, 2.05) is 71.3 Å². The molecular weight excluding hydrogens is 470 g/mol. The molecule has 0 unspecified atom stereocenters. The summed E-state index contributed by atoms with van der Waals surface area (Å²) in [5, 5.41) is 12.2. The average Bonchev–Trinajstić information content (AvgIpc) is 3.26. The van der Waals surface area contributed by atoms with Crippen LogP contribution in [0.2, 0.25) is 0 Å². The van der Waals surface area contributed by atoms with Gasteiger partial charge in [0, 0.05) is 23.5 Å². The van der Waals surface area contributed by atoms with Crippen LogP contribution in [-0.2, 0) is 21.4 Å². The van der Waals surface area contributed by atoms with Gasteiger partial charge < -0.3 is 5.32 Å². The van der Waals surface area contributed by atoms with E-state index >= 15 is 0 Å². The van der Waals surface area contributed by atoms with E-state index in [0.717, 1.165) is 23.1 Å². The largest absolute Gasteiger partial charge is 0.351 e. The molecule has 0 spiro atoms. The summed E-state index contributed by atoms with van der Waals surface area (Å²) in [5.41, 5.74) is 3.07. The molecule has 0 aliphatic carbocycles. The third kappa shape index (κ3) is 6.24. The highest BCUT2D eigenvalue weighted by molar-refractivity contribution is 7.99. The van der Waals surface area contributed by atoms with Crippen molar-refractivity contribution in [2.45, 2.75) is 11.7 Å². The predicted molar refractivity (Wildman–Crippen MR) is 134 cm³/mol. The van der Waals surface area contributed by atoms with E-state index in [4.69, 9.17) is 0 Å². The SMILES string of the molecule is CS(=O)(=O)Nc1cccc(CNC(=O)CSc2nnc(-c3ccccc3)n2-c2ccccc2)c1. The number of para-hydroxylation sites is 1. The van der Waals surface area contributed by atoms with E-state index < -0.39 is 10.0 Å². The summed E-state index contributed by atoms with van der Waals surface area (Å²) in [6.45, 7) is 0.277. The topological polar surface area (TPSA) is 106 Å². The van der Waals surface area contributed by atoms with Crippen LogP contribution in [0.5, 0.6) is 0 Å². The van der Waals surface area contributed by atoms with Gasteiger partial charge in [-0.2, -0.15) is 0 Å². The molecule has 0 saturated carbocycles. The molecule has 34 heavy (non-hydrogen) atoms. The van der Waals surface area contributed by atoms with Crippen molar-refractivity contribution >= 4 is 33.4 Å². The highest BCUT2D eigenvalue weighted by Gasteiger charge is 2.17. The lowest BCUT2D eigenvalue weighted by molar-refractivity contribution is -0.118. The van der Waals surface area contributed by atoms with Crippen molar-refractivity contribution in [3.05, 3.63) is 90.5 Å². The van der Waals surface area contributed by atoms with Crippen LogP contribution in [-0.4, -0.2) is 41.1 Å². The van der Waals surface area contributed by atoms with E-state index in [1.54, 1.807) is 18.2 Å². The Hall–Kier alpha value is -3.63. The second kappa shape index (κ2) is 10.5. The number of benzene rings is 3. The number of hydrogen-bond donors (Lipinski definition) is 2. The van der Waals surface area contributed by atoms with Crippen molar-refractivity contribution in [1.82, 2.24) is 20.1 Å². The van der Waals surface area contributed by atoms with E-state index in [-0.39, 0.29) is 18.2 Å². The number of amides is 1. The number of nitrogens with zero attached hydrogens (tertiary/aromatic N) is 3. The van der Waals surface area contributed by atoms with Gasteiger partial charge in [0.1, 0.15) is 0 Å². The Bertz CT molecular complexity index is 1370. The van der Waals surface area contributed by atoms with Crippen molar-refractivity contribution in [3.8, 4) is 17.1 Å². The van der Waals surface area contributed by atoms with Crippen molar-refractivity contribution in [2.24, 2.45) is 0 Å². The second-order valence-corrected chi connectivity index (χ2v) is 10.2. The number of thioether (sulfide) groups is 1. The minimum atomic E-state index is -3.37. The Morgan fingerprint density at radius 2 is 1.65 bits per heavy atom. The molecule has 10 heteroatoms. The monoisotopic (exact) mass is 493 g/mol. The maximum Gasteiger partial charge on any atom is 0.230 e. The molecule has 4 rings (SSSR count). The van der Waals surface area contributed by atoms with Gasteiger partial charge in [0.25, 0.3) is 0 Å². The maximum absolute atomic E-state index is 12.5. The molecule has 1 aromatic heterocycles. The fourth-order valence-corrected chi connectivity index (χ4v) is 4.62. The molecule has 1 heterocycles. The van der Waals surface area contributed by atoms with Gasteiger partial charge in [-0.05, 0) is 29.8 Å². The predicted octanol–water partition coefficient (Wildman–Crippen LogP) is 3.71. The molecular formula is C24H23N5O3S2. The molecule has 0 radical (unpaired) electrons. The molecule has 0 bridgehead atoms. The molecule has 0 atom stereocenters. The van der Waals surface area contributed by atoms with Crippen LogP contribution in [0.25, 0.3) is 17.1 Å². The molecule has 0 aliphatic rings. The normalized spacial score (nSPS) is 11.2. The fourth-order valence-electron chi connectivity index (χ4n) is 3.29. The number of nitrogens with one attached hydrogen (secondary N) is 2. The first kappa shape index (κ1) is 23.5. The van der Waals surface area contributed by atoms with E-state index in [1.165, 1.54) is 11.8 Å². The first-order valence-corrected chi connectivity index (χ1v) is 13.3. The number of aromatic nitrogens is 3. The Labute approximate surface area is 202 Å². The van der Waals surface area contributed by atoms with Gasteiger partial charge in [-0.15, -0.1) is 10.2 Å². The summed E-state index contributed by atoms with van der Waals surface area (Å²) >= 11 is 1.30. The zero-order chi connectivity index (χ0) is 24.0. The van der Waals surface area contributed by atoms with Gasteiger partial charge in [0.15, 0.2) is 11.0 Å². The number of sulfonamides is 1. The fraction of sp³-hybridized carbons (Fsp3) is 0.125. The van der Waals surface area contributed by atoms with Crippen LogP contribution >= 0.6 is 11.8 Å². The van der Waals surface area contributed by atoms with Crippen LogP contribution in [0.4, 0.5) is 5.69 Å². The first-order valence-electron chi connectivity index (χ1n) is 10.4. The lowest BCUT2D eigenvalue weighted by atomic mass is 10.2. The minimum absolute atomic E-state index is 0.154. The van der Waals surface area contributed by atoms with Gasteiger partial charge in [-0.1, -0.05) is 72.4 Å². The zero-order valence-electron chi connectivity index (χ0n) is 18.4. The highest BCUT2D eigenvalue weighted by Crippen LogP contribution is 2.27. The van der Waals surface area contributed by atoms with Crippen LogP contribution in [0, 0.1) is 0 Å². The number of hydrogen-bond acceptors (Lipinski definition) is 6. The van der Waals surface area contributed by atoms with Crippen molar-refractivity contribution in [3.63, 3.8) is 0 Å². The summed E-state index contributed by atoms with van der Waals surface area (Å²) < 4.78 is 27.2. The highest BCUT2D eigenvalue weighted by atomic mass is 32.2. The van der Waals surface area contributed by atoms with Crippen molar-refractivity contribution < 1.29 is 13.2 Å². The van der Waals surface area contributed by atoms with Gasteiger partial charge >= 0.3 is 0 Å². The van der Waals surface area contributed by atoms with Gasteiger partial charge in [-0.3, -0.25) is 14.1 Å². The maximum atomic E-state index is 12.5. The molecule has 2 N–H and O–H groups in total. The third-order valence-corrected chi connectivity index (χ3v) is 6.27. The number of anilines is 1. The van der Waals surface area contributed by atoms with Gasteiger partial charge in [0.2, 0.25) is 15.9 Å². The Kier molecular flexibility index (Phi) is 7.29. The molecule has 3 aromatic carbocycles. The average molecular weight is 494 g/mol. The number of carbonyl (C=O) groups is 1. The lowest BCUT2D eigenvalue weighted by Crippen LogP contribution is -2.24. The summed E-state index contributed by atoms with van der Waals surface area (Å²) in [5.74, 6) is 0.682. The van der Waals surface area contributed by atoms with Crippen LogP contribution < -0.4 is 10.0 Å². The molecule has 8 nitrogen and oxygen atoms in total. The molecule has 0 saturated heterocycles. The summed E-state index contributed by atoms with van der Waals surface area (Å²) in [7, 11) is -3.37. The number of carbonyl (C=O) groups excluding carboxylic acids is 1. The molecule has 4 aromatic rings. The van der Waals surface area contributed by atoms with E-state index in [2.05, 4.69) is 20.2 Å². The summed E-state index contributed by atoms with van der Waals surface area (Å²) in [6.07, 6.45) is 1.09.